The van der Waals surface area contributed by atoms with Crippen molar-refractivity contribution in [2.45, 2.75) is 30.5 Å². The smallest absolute Gasteiger partial charge is 0.230 e. The monoisotopic (exact) mass is 361 g/mol. The minimum atomic E-state index is 0.0239. The van der Waals surface area contributed by atoms with Gasteiger partial charge in [0.15, 0.2) is 16.7 Å². The fraction of sp³-hybridized carbons (Fsp3) is 0.444. The summed E-state index contributed by atoms with van der Waals surface area (Å²) < 4.78 is 12.7. The second kappa shape index (κ2) is 8.29. The van der Waals surface area contributed by atoms with Gasteiger partial charge in [-0.15, -0.1) is 0 Å². The molecule has 1 fully saturated rings. The molecule has 134 valence electrons. The molecule has 0 unspecified atom stereocenters. The number of aromatic nitrogens is 2. The highest BCUT2D eigenvalue weighted by Crippen LogP contribution is 2.37. The van der Waals surface area contributed by atoms with E-state index in [1.54, 1.807) is 20.4 Å². The molecule has 0 aliphatic heterocycles. The van der Waals surface area contributed by atoms with Crippen LogP contribution in [-0.4, -0.2) is 42.0 Å². The number of methoxy groups -OCH3 is 2. The van der Waals surface area contributed by atoms with Gasteiger partial charge in [-0.1, -0.05) is 17.8 Å². The van der Waals surface area contributed by atoms with Crippen molar-refractivity contribution in [2.24, 2.45) is 0 Å². The summed E-state index contributed by atoms with van der Waals surface area (Å²) in [7, 11) is 3.23. The predicted molar refractivity (Wildman–Crippen MR) is 97.5 cm³/mol. The van der Waals surface area contributed by atoms with Gasteiger partial charge in [0.25, 0.3) is 0 Å². The molecule has 1 aliphatic rings. The number of nitrogens with one attached hydrogen (secondary N) is 1. The van der Waals surface area contributed by atoms with Gasteiger partial charge in [0.1, 0.15) is 0 Å². The van der Waals surface area contributed by atoms with Crippen LogP contribution >= 0.6 is 11.8 Å². The summed E-state index contributed by atoms with van der Waals surface area (Å²) in [6.07, 6.45) is 6.96. The second-order valence-corrected chi connectivity index (χ2v) is 6.87. The van der Waals surface area contributed by atoms with Crippen molar-refractivity contribution in [3.63, 3.8) is 0 Å². The Morgan fingerprint density at radius 2 is 2.12 bits per heavy atom. The van der Waals surface area contributed by atoms with E-state index in [9.17, 15) is 4.79 Å². The molecular formula is C18H23N3O3S. The molecule has 0 radical (unpaired) electrons. The lowest BCUT2D eigenvalue weighted by atomic mass is 10.1. The van der Waals surface area contributed by atoms with Gasteiger partial charge in [0.05, 0.1) is 20.0 Å². The molecule has 1 aromatic carbocycles. The van der Waals surface area contributed by atoms with E-state index in [1.165, 1.54) is 24.6 Å². The van der Waals surface area contributed by atoms with Crippen LogP contribution < -0.4 is 14.8 Å². The molecule has 2 aromatic rings. The molecule has 0 saturated heterocycles. The average molecular weight is 361 g/mol. The highest BCUT2D eigenvalue weighted by molar-refractivity contribution is 7.99. The van der Waals surface area contributed by atoms with E-state index in [-0.39, 0.29) is 5.91 Å². The fourth-order valence-corrected chi connectivity index (χ4v) is 3.46. The Hall–Kier alpha value is -2.15. The lowest BCUT2D eigenvalue weighted by Crippen LogP contribution is -2.27. The van der Waals surface area contributed by atoms with Gasteiger partial charge in [0.2, 0.25) is 5.91 Å². The van der Waals surface area contributed by atoms with Crippen molar-refractivity contribution in [1.29, 1.82) is 0 Å². The third-order valence-corrected chi connectivity index (χ3v) is 5.07. The molecular weight excluding hydrogens is 338 g/mol. The molecule has 6 nitrogen and oxygen atoms in total. The van der Waals surface area contributed by atoms with Crippen LogP contribution in [0.25, 0.3) is 0 Å². The van der Waals surface area contributed by atoms with E-state index in [0.29, 0.717) is 29.8 Å². The third kappa shape index (κ3) is 4.69. The van der Waals surface area contributed by atoms with Gasteiger partial charge in [-0.25, -0.2) is 4.98 Å². The van der Waals surface area contributed by atoms with Crippen LogP contribution in [0.15, 0.2) is 35.7 Å². The van der Waals surface area contributed by atoms with E-state index in [2.05, 4.69) is 14.9 Å². The molecule has 7 heteroatoms. The maximum Gasteiger partial charge on any atom is 0.230 e. The molecule has 1 aliphatic carbocycles. The third-order valence-electron chi connectivity index (χ3n) is 4.09. The van der Waals surface area contributed by atoms with Gasteiger partial charge in [-0.05, 0) is 37.0 Å². The fourth-order valence-electron chi connectivity index (χ4n) is 2.61. The van der Waals surface area contributed by atoms with Crippen molar-refractivity contribution >= 4 is 17.7 Å². The van der Waals surface area contributed by atoms with Crippen LogP contribution in [0.2, 0.25) is 0 Å². The number of thioether (sulfide) groups is 1. The van der Waals surface area contributed by atoms with Crippen LogP contribution in [-0.2, 0) is 11.2 Å². The van der Waals surface area contributed by atoms with Crippen LogP contribution in [0.4, 0.5) is 0 Å². The molecule has 25 heavy (non-hydrogen) atoms. The number of amides is 1. The van der Waals surface area contributed by atoms with Crippen molar-refractivity contribution in [3.05, 3.63) is 36.2 Å². The Morgan fingerprint density at radius 3 is 2.84 bits per heavy atom. The van der Waals surface area contributed by atoms with E-state index < -0.39 is 0 Å². The van der Waals surface area contributed by atoms with Crippen LogP contribution in [0.1, 0.15) is 24.4 Å². The lowest BCUT2D eigenvalue weighted by molar-refractivity contribution is -0.118. The zero-order valence-electron chi connectivity index (χ0n) is 14.5. The maximum atomic E-state index is 12.0. The SMILES string of the molecule is COc1ccc(CCNC(=O)CSc2nccn2C2CC2)cc1OC. The minimum Gasteiger partial charge on any atom is -0.493 e. The Morgan fingerprint density at radius 1 is 1.32 bits per heavy atom. The van der Waals surface area contributed by atoms with Crippen LogP contribution in [0.5, 0.6) is 11.5 Å². The van der Waals surface area contributed by atoms with Crippen LogP contribution in [0, 0.1) is 0 Å². The summed E-state index contributed by atoms with van der Waals surface area (Å²) in [5, 5.41) is 3.88. The largest absolute Gasteiger partial charge is 0.493 e. The Bertz CT molecular complexity index is 728. The first-order valence-corrected chi connectivity index (χ1v) is 9.33. The van der Waals surface area contributed by atoms with Crippen molar-refractivity contribution in [2.75, 3.05) is 26.5 Å². The normalized spacial score (nSPS) is 13.5. The topological polar surface area (TPSA) is 65.4 Å². The summed E-state index contributed by atoms with van der Waals surface area (Å²) in [6, 6.07) is 6.38. The van der Waals surface area contributed by atoms with Gasteiger partial charge < -0.3 is 19.4 Å². The molecule has 1 amide bonds. The Balaban J connectivity index is 1.42. The second-order valence-electron chi connectivity index (χ2n) is 5.93. The van der Waals surface area contributed by atoms with E-state index in [0.717, 1.165) is 17.1 Å². The molecule has 1 saturated carbocycles. The summed E-state index contributed by atoms with van der Waals surface area (Å²) in [5.41, 5.74) is 1.09. The van der Waals surface area contributed by atoms with Crippen molar-refractivity contribution in [1.82, 2.24) is 14.9 Å². The van der Waals surface area contributed by atoms with Gasteiger partial charge >= 0.3 is 0 Å². The van der Waals surface area contributed by atoms with Gasteiger partial charge in [-0.2, -0.15) is 0 Å². The molecule has 0 spiro atoms. The van der Waals surface area contributed by atoms with Gasteiger partial charge in [0, 0.05) is 25.0 Å². The molecule has 0 bridgehead atoms. The number of hydrogen-bond donors (Lipinski definition) is 1. The summed E-state index contributed by atoms with van der Waals surface area (Å²) in [6.45, 7) is 0.589. The van der Waals surface area contributed by atoms with Crippen molar-refractivity contribution in [3.8, 4) is 11.5 Å². The number of carbonyl (C=O) groups is 1. The predicted octanol–water partition coefficient (Wildman–Crippen LogP) is 2.69. The highest BCUT2D eigenvalue weighted by atomic mass is 32.2. The Labute approximate surface area is 151 Å². The summed E-state index contributed by atoms with van der Waals surface area (Å²) in [4.78, 5) is 16.4. The first kappa shape index (κ1) is 17.7. The number of hydrogen-bond acceptors (Lipinski definition) is 5. The lowest BCUT2D eigenvalue weighted by Gasteiger charge is -2.10. The summed E-state index contributed by atoms with van der Waals surface area (Å²) >= 11 is 1.49. The standard InChI is InChI=1S/C18H23N3O3S/c1-23-15-6-3-13(11-16(15)24-2)7-8-19-17(22)12-25-18-20-9-10-21(18)14-4-5-14/h3,6,9-11,14H,4-5,7-8,12H2,1-2H3,(H,19,22). The Kier molecular flexibility index (Phi) is 5.86. The maximum absolute atomic E-state index is 12.0. The van der Waals surface area contributed by atoms with Crippen LogP contribution in [0.3, 0.4) is 0 Å². The highest BCUT2D eigenvalue weighted by Gasteiger charge is 2.25. The molecule has 0 atom stereocenters. The molecule has 3 rings (SSSR count). The van der Waals surface area contributed by atoms with E-state index >= 15 is 0 Å². The zero-order chi connectivity index (χ0) is 17.6. The zero-order valence-corrected chi connectivity index (χ0v) is 15.3. The minimum absolute atomic E-state index is 0.0239. The number of carbonyl (C=O) groups excluding carboxylic acids is 1. The molecule has 1 N–H and O–H groups in total. The number of nitrogens with zero attached hydrogens (tertiary/aromatic N) is 2. The van der Waals surface area contributed by atoms with E-state index in [1.807, 2.05) is 24.4 Å². The van der Waals surface area contributed by atoms with Crippen molar-refractivity contribution < 1.29 is 14.3 Å². The molecule has 1 heterocycles. The average Bonchev–Trinajstić information content (AvgIpc) is 3.37. The summed E-state index contributed by atoms with van der Waals surface area (Å²) in [5.74, 6) is 1.82. The number of rotatable bonds is 9. The number of benzene rings is 1. The van der Waals surface area contributed by atoms with Gasteiger partial charge in [-0.3, -0.25) is 4.79 Å². The first-order valence-electron chi connectivity index (χ1n) is 8.34. The number of imidazole rings is 1. The van der Waals surface area contributed by atoms with E-state index in [4.69, 9.17) is 9.47 Å². The molecule has 1 aromatic heterocycles. The number of ether oxygens (including phenoxy) is 2. The quantitative estimate of drug-likeness (QED) is 0.696. The first-order chi connectivity index (χ1) is 12.2.